The molecule has 0 spiro atoms. The third kappa shape index (κ3) is 5.48. The van der Waals surface area contributed by atoms with Crippen LogP contribution in [0.4, 0.5) is 11.4 Å². The second kappa shape index (κ2) is 9.70. The van der Waals surface area contributed by atoms with E-state index in [4.69, 9.17) is 4.74 Å². The summed E-state index contributed by atoms with van der Waals surface area (Å²) in [5.41, 5.74) is 0.568. The molecule has 9 nitrogen and oxygen atoms in total. The van der Waals surface area contributed by atoms with Gasteiger partial charge >= 0.3 is 0 Å². The number of anilines is 2. The molecule has 2 atom stereocenters. The fourth-order valence-electron chi connectivity index (χ4n) is 4.03. The Labute approximate surface area is 195 Å². The lowest BCUT2D eigenvalue weighted by Crippen LogP contribution is -2.47. The van der Waals surface area contributed by atoms with Gasteiger partial charge in [0.25, 0.3) is 10.0 Å². The van der Waals surface area contributed by atoms with Gasteiger partial charge in [0.2, 0.25) is 15.9 Å². The highest BCUT2D eigenvalue weighted by Gasteiger charge is 2.35. The van der Waals surface area contributed by atoms with Crippen LogP contribution in [0.1, 0.15) is 40.0 Å². The highest BCUT2D eigenvalue weighted by Crippen LogP contribution is 2.31. The summed E-state index contributed by atoms with van der Waals surface area (Å²) in [4.78, 5) is 11.3. The van der Waals surface area contributed by atoms with E-state index in [0.717, 1.165) is 19.3 Å². The molecule has 1 fully saturated rings. The van der Waals surface area contributed by atoms with Crippen LogP contribution in [0.2, 0.25) is 0 Å². The van der Waals surface area contributed by atoms with Crippen molar-refractivity contribution in [3.63, 3.8) is 0 Å². The van der Waals surface area contributed by atoms with Gasteiger partial charge in [-0.1, -0.05) is 6.42 Å². The third-order valence-electron chi connectivity index (χ3n) is 5.59. The summed E-state index contributed by atoms with van der Waals surface area (Å²) in [6.45, 7) is 5.14. The van der Waals surface area contributed by atoms with Crippen LogP contribution in [0, 0.1) is 0 Å². The van der Waals surface area contributed by atoms with Gasteiger partial charge in [-0.25, -0.2) is 16.8 Å². The maximum Gasteiger partial charge on any atom is 0.262 e. The van der Waals surface area contributed by atoms with Crippen molar-refractivity contribution in [2.45, 2.75) is 61.9 Å². The molecule has 2 aromatic rings. The average Bonchev–Trinajstić information content (AvgIpc) is 2.73. The Morgan fingerprint density at radius 1 is 0.970 bits per heavy atom. The molecular weight excluding hydrogens is 466 g/mol. The molecule has 0 unspecified atom stereocenters. The molecule has 1 aliphatic rings. The van der Waals surface area contributed by atoms with Gasteiger partial charge in [-0.05, 0) is 63.1 Å². The summed E-state index contributed by atoms with van der Waals surface area (Å²) in [7, 11) is -6.30. The van der Waals surface area contributed by atoms with Crippen LogP contribution < -0.4 is 14.8 Å². The number of amides is 1. The van der Waals surface area contributed by atoms with Gasteiger partial charge in [0.1, 0.15) is 5.75 Å². The number of nitrogens with zero attached hydrogens (tertiary/aromatic N) is 1. The number of sulfonamides is 2. The predicted molar refractivity (Wildman–Crippen MR) is 126 cm³/mol. The summed E-state index contributed by atoms with van der Waals surface area (Å²) in [5, 5.41) is 2.57. The molecule has 33 heavy (non-hydrogen) atoms. The minimum absolute atomic E-state index is 0.0684. The number of nitrogens with one attached hydrogen (secondary N) is 2. The summed E-state index contributed by atoms with van der Waals surface area (Å²) < 4.78 is 61.1. The molecule has 2 aromatic carbocycles. The Hall–Kier alpha value is -2.63. The smallest absolute Gasteiger partial charge is 0.262 e. The highest BCUT2D eigenvalue weighted by atomic mass is 32.2. The van der Waals surface area contributed by atoms with E-state index in [0.29, 0.717) is 5.69 Å². The zero-order valence-corrected chi connectivity index (χ0v) is 20.7. The lowest BCUT2D eigenvalue weighted by atomic mass is 10.0. The van der Waals surface area contributed by atoms with Crippen molar-refractivity contribution in [1.82, 2.24) is 4.31 Å². The van der Waals surface area contributed by atoms with E-state index in [9.17, 15) is 21.6 Å². The first-order valence-electron chi connectivity index (χ1n) is 10.6. The number of hydrogen-bond acceptors (Lipinski definition) is 6. The van der Waals surface area contributed by atoms with E-state index in [-0.39, 0.29) is 39.2 Å². The topological polar surface area (TPSA) is 122 Å². The first-order valence-corrected chi connectivity index (χ1v) is 13.5. The lowest BCUT2D eigenvalue weighted by molar-refractivity contribution is -0.114. The molecule has 0 aromatic heterocycles. The van der Waals surface area contributed by atoms with Crippen LogP contribution >= 0.6 is 0 Å². The van der Waals surface area contributed by atoms with Crippen molar-refractivity contribution in [2.24, 2.45) is 0 Å². The Morgan fingerprint density at radius 2 is 1.55 bits per heavy atom. The van der Waals surface area contributed by atoms with Crippen LogP contribution in [0.3, 0.4) is 0 Å². The van der Waals surface area contributed by atoms with Gasteiger partial charge in [-0.15, -0.1) is 0 Å². The van der Waals surface area contributed by atoms with Crippen molar-refractivity contribution in [3.05, 3.63) is 42.5 Å². The molecule has 0 saturated carbocycles. The normalized spacial score (nSPS) is 19.6. The minimum Gasteiger partial charge on any atom is -0.495 e. The Morgan fingerprint density at radius 3 is 2.09 bits per heavy atom. The Balaban J connectivity index is 1.82. The van der Waals surface area contributed by atoms with Crippen molar-refractivity contribution in [1.29, 1.82) is 0 Å². The first kappa shape index (κ1) is 25.0. The quantitative estimate of drug-likeness (QED) is 0.607. The molecule has 180 valence electrons. The van der Waals surface area contributed by atoms with E-state index < -0.39 is 20.0 Å². The molecule has 2 N–H and O–H groups in total. The fraction of sp³-hybridized carbons (Fsp3) is 0.409. The fourth-order valence-corrected chi connectivity index (χ4v) is 6.99. The minimum atomic E-state index is -3.98. The monoisotopic (exact) mass is 495 g/mol. The van der Waals surface area contributed by atoms with Crippen LogP contribution in [-0.4, -0.2) is 46.2 Å². The zero-order chi connectivity index (χ0) is 24.4. The number of methoxy groups -OCH3 is 1. The maximum atomic E-state index is 13.1. The first-order chi connectivity index (χ1) is 15.5. The van der Waals surface area contributed by atoms with E-state index in [1.165, 1.54) is 56.5 Å². The lowest BCUT2D eigenvalue weighted by Gasteiger charge is -2.37. The number of carbonyl (C=O) groups excluding carboxylic acids is 1. The van der Waals surface area contributed by atoms with E-state index in [1.54, 1.807) is 4.31 Å². The van der Waals surface area contributed by atoms with Crippen molar-refractivity contribution < 1.29 is 26.4 Å². The molecular formula is C22H29N3O6S2. The summed E-state index contributed by atoms with van der Waals surface area (Å²) in [6, 6.07) is 9.55. The molecule has 11 heteroatoms. The molecule has 1 saturated heterocycles. The van der Waals surface area contributed by atoms with E-state index >= 15 is 0 Å². The predicted octanol–water partition coefficient (Wildman–Crippen LogP) is 3.41. The molecule has 0 aliphatic carbocycles. The number of rotatable bonds is 7. The van der Waals surface area contributed by atoms with Gasteiger partial charge in [0.05, 0.1) is 22.6 Å². The van der Waals surface area contributed by atoms with Gasteiger partial charge in [-0.2, -0.15) is 4.31 Å². The largest absolute Gasteiger partial charge is 0.495 e. The second-order valence-electron chi connectivity index (χ2n) is 8.14. The SMILES string of the molecule is COc1cc(S(=O)(=O)Nc2ccc(S(=O)(=O)N3[C@@H](C)CCC[C@@H]3C)cc2)ccc1NC(C)=O. The van der Waals surface area contributed by atoms with Gasteiger partial charge in [0, 0.05) is 30.8 Å². The molecule has 0 radical (unpaired) electrons. The highest BCUT2D eigenvalue weighted by molar-refractivity contribution is 7.92. The van der Waals surface area contributed by atoms with Crippen LogP contribution in [0.5, 0.6) is 5.75 Å². The molecule has 1 aliphatic heterocycles. The Bertz CT molecular complexity index is 1220. The van der Waals surface area contributed by atoms with E-state index in [2.05, 4.69) is 10.0 Å². The summed E-state index contributed by atoms with van der Waals surface area (Å²) in [6.07, 6.45) is 2.61. The van der Waals surface area contributed by atoms with Gasteiger partial charge in [-0.3, -0.25) is 9.52 Å². The number of hydrogen-bond donors (Lipinski definition) is 2. The molecule has 1 heterocycles. The van der Waals surface area contributed by atoms with Gasteiger partial charge < -0.3 is 10.1 Å². The molecule has 3 rings (SSSR count). The van der Waals surface area contributed by atoms with Crippen molar-refractivity contribution in [2.75, 3.05) is 17.1 Å². The van der Waals surface area contributed by atoms with Crippen LogP contribution in [-0.2, 0) is 24.8 Å². The van der Waals surface area contributed by atoms with Crippen molar-refractivity contribution in [3.8, 4) is 5.75 Å². The molecule has 1 amide bonds. The van der Waals surface area contributed by atoms with Gasteiger partial charge in [0.15, 0.2) is 0 Å². The standard InChI is InChI=1S/C22H29N3O6S2/c1-15-6-5-7-16(2)25(15)33(29,30)19-10-8-18(9-11-19)24-32(27,28)20-12-13-21(23-17(3)26)22(14-20)31-4/h8-16,24H,5-7H2,1-4H3,(H,23,26)/t15-,16-/m0/s1. The average molecular weight is 496 g/mol. The maximum absolute atomic E-state index is 13.1. The van der Waals surface area contributed by atoms with Crippen molar-refractivity contribution >= 4 is 37.3 Å². The van der Waals surface area contributed by atoms with E-state index in [1.807, 2.05) is 13.8 Å². The zero-order valence-electron chi connectivity index (χ0n) is 19.0. The number of ether oxygens (including phenoxy) is 1. The summed E-state index contributed by atoms with van der Waals surface area (Å²) in [5.74, 6) is -0.121. The number of carbonyl (C=O) groups is 1. The number of benzene rings is 2. The molecule has 0 bridgehead atoms. The Kier molecular flexibility index (Phi) is 7.35. The summed E-state index contributed by atoms with van der Waals surface area (Å²) >= 11 is 0. The van der Waals surface area contributed by atoms with Crippen LogP contribution in [0.15, 0.2) is 52.3 Å². The van der Waals surface area contributed by atoms with Crippen LogP contribution in [0.25, 0.3) is 0 Å². The second-order valence-corrected chi connectivity index (χ2v) is 11.7. The number of piperidine rings is 1. The third-order valence-corrected chi connectivity index (χ3v) is 9.11.